The van der Waals surface area contributed by atoms with Crippen molar-refractivity contribution >= 4 is 39.3 Å². The molecule has 2 aromatic carbocycles. The van der Waals surface area contributed by atoms with Crippen molar-refractivity contribution in [2.24, 2.45) is 0 Å². The lowest BCUT2D eigenvalue weighted by atomic mass is 10.1. The lowest BCUT2D eigenvalue weighted by Gasteiger charge is -2.21. The first-order chi connectivity index (χ1) is 11.7. The highest BCUT2D eigenvalue weighted by molar-refractivity contribution is 7.85. The van der Waals surface area contributed by atoms with Crippen LogP contribution in [0, 0.1) is 0 Å². The maximum atomic E-state index is 12.6. The quantitative estimate of drug-likeness (QED) is 0.741. The van der Waals surface area contributed by atoms with Crippen LogP contribution in [0.25, 0.3) is 0 Å². The van der Waals surface area contributed by atoms with Crippen LogP contribution in [-0.4, -0.2) is 36.5 Å². The van der Waals surface area contributed by atoms with E-state index in [4.69, 9.17) is 21.3 Å². The van der Waals surface area contributed by atoms with Crippen LogP contribution in [0.5, 0.6) is 0 Å². The third kappa shape index (κ3) is 5.56. The van der Waals surface area contributed by atoms with E-state index in [9.17, 15) is 18.0 Å². The zero-order chi connectivity index (χ0) is 18.6. The molecule has 0 aliphatic rings. The van der Waals surface area contributed by atoms with E-state index >= 15 is 0 Å². The van der Waals surface area contributed by atoms with Crippen molar-refractivity contribution in [2.75, 3.05) is 11.4 Å². The van der Waals surface area contributed by atoms with Gasteiger partial charge in [0.15, 0.2) is 0 Å². The Morgan fingerprint density at radius 1 is 1.08 bits per heavy atom. The number of carbonyl (C=O) groups is 2. The molecule has 2 aromatic rings. The molecule has 9 heteroatoms. The summed E-state index contributed by atoms with van der Waals surface area (Å²) in [6.45, 7) is -0.580. The zero-order valence-corrected chi connectivity index (χ0v) is 14.4. The molecule has 0 radical (unpaired) electrons. The lowest BCUT2D eigenvalue weighted by molar-refractivity contribution is -0.135. The van der Waals surface area contributed by atoms with Crippen molar-refractivity contribution in [3.8, 4) is 0 Å². The van der Waals surface area contributed by atoms with Gasteiger partial charge in [0.05, 0.1) is 0 Å². The number of rotatable bonds is 6. The van der Waals surface area contributed by atoms with Gasteiger partial charge in [0, 0.05) is 16.3 Å². The number of nitrogens with zero attached hydrogens (tertiary/aromatic N) is 1. The summed E-state index contributed by atoms with van der Waals surface area (Å²) in [7, 11) is -4.18. The smallest absolute Gasteiger partial charge is 0.323 e. The number of carboxylic acid groups (broad SMARTS) is 1. The fraction of sp³-hybridized carbons (Fsp3) is 0.125. The van der Waals surface area contributed by atoms with Crippen molar-refractivity contribution in [1.82, 2.24) is 0 Å². The van der Waals surface area contributed by atoms with E-state index in [2.05, 4.69) is 0 Å². The van der Waals surface area contributed by atoms with E-state index in [1.165, 1.54) is 36.4 Å². The maximum absolute atomic E-state index is 12.6. The Bertz CT molecular complexity index is 895. The fourth-order valence-corrected chi connectivity index (χ4v) is 2.98. The molecule has 132 valence electrons. The minimum atomic E-state index is -4.18. The standard InChI is InChI=1S/C16H14ClNO6S/c17-13-3-1-2-12(8-13)16(21)18(9-15(19)20)14-6-4-11(5-7-14)10-25(22,23)24/h1-8H,9-10H2,(H,19,20)(H,22,23,24). The van der Waals surface area contributed by atoms with Crippen molar-refractivity contribution in [1.29, 1.82) is 0 Å². The van der Waals surface area contributed by atoms with E-state index in [0.717, 1.165) is 4.90 Å². The number of aliphatic carboxylic acids is 1. The number of hydrogen-bond donors (Lipinski definition) is 2. The van der Waals surface area contributed by atoms with E-state index < -0.39 is 34.3 Å². The van der Waals surface area contributed by atoms with Crippen molar-refractivity contribution < 1.29 is 27.7 Å². The molecule has 7 nitrogen and oxygen atoms in total. The summed E-state index contributed by atoms with van der Waals surface area (Å²) in [5.41, 5.74) is 0.791. The minimum Gasteiger partial charge on any atom is -0.480 e. The van der Waals surface area contributed by atoms with E-state index in [-0.39, 0.29) is 11.3 Å². The molecule has 0 fully saturated rings. The highest BCUT2D eigenvalue weighted by Crippen LogP contribution is 2.20. The second kappa shape index (κ2) is 7.64. The summed E-state index contributed by atoms with van der Waals surface area (Å²) in [6.07, 6.45) is 0. The molecule has 0 bridgehead atoms. The third-order valence-corrected chi connectivity index (χ3v) is 4.14. The molecule has 0 saturated heterocycles. The molecule has 0 aromatic heterocycles. The second-order valence-electron chi connectivity index (χ2n) is 5.19. The number of hydrogen-bond acceptors (Lipinski definition) is 4. The third-order valence-electron chi connectivity index (χ3n) is 3.21. The van der Waals surface area contributed by atoms with E-state index in [1.807, 2.05) is 0 Å². The van der Waals surface area contributed by atoms with Crippen LogP contribution in [-0.2, 0) is 20.7 Å². The van der Waals surface area contributed by atoms with Crippen LogP contribution in [0.1, 0.15) is 15.9 Å². The van der Waals surface area contributed by atoms with Gasteiger partial charge < -0.3 is 5.11 Å². The van der Waals surface area contributed by atoms with Crippen LogP contribution < -0.4 is 4.90 Å². The van der Waals surface area contributed by atoms with Gasteiger partial charge in [-0.15, -0.1) is 0 Å². The molecule has 2 N–H and O–H groups in total. The van der Waals surface area contributed by atoms with Gasteiger partial charge in [-0.1, -0.05) is 29.8 Å². The van der Waals surface area contributed by atoms with Gasteiger partial charge in [0.25, 0.3) is 16.0 Å². The molecule has 0 saturated carbocycles. The summed E-state index contributed by atoms with van der Waals surface area (Å²) in [6, 6.07) is 11.7. The average molecular weight is 384 g/mol. The first-order valence-corrected chi connectivity index (χ1v) is 8.98. The molecule has 0 aliphatic carbocycles. The Balaban J connectivity index is 2.34. The summed E-state index contributed by atoms with van der Waals surface area (Å²) >= 11 is 5.86. The molecule has 0 heterocycles. The number of carboxylic acids is 1. The predicted octanol–water partition coefficient (Wildman–Crippen LogP) is 2.46. The van der Waals surface area contributed by atoms with E-state index in [1.54, 1.807) is 12.1 Å². The van der Waals surface area contributed by atoms with Crippen LogP contribution in [0.15, 0.2) is 48.5 Å². The Morgan fingerprint density at radius 2 is 1.72 bits per heavy atom. The first-order valence-electron chi connectivity index (χ1n) is 6.99. The maximum Gasteiger partial charge on any atom is 0.323 e. The Labute approximate surface area is 149 Å². The Hall–Kier alpha value is -2.42. The van der Waals surface area contributed by atoms with Gasteiger partial charge >= 0.3 is 5.97 Å². The SMILES string of the molecule is O=C(O)CN(C(=O)c1cccc(Cl)c1)c1ccc(CS(=O)(=O)O)cc1. The Kier molecular flexibility index (Phi) is 5.78. The van der Waals surface area contributed by atoms with Crippen LogP contribution >= 0.6 is 11.6 Å². The van der Waals surface area contributed by atoms with Gasteiger partial charge in [-0.05, 0) is 35.9 Å². The largest absolute Gasteiger partial charge is 0.480 e. The average Bonchev–Trinajstić information content (AvgIpc) is 2.51. The van der Waals surface area contributed by atoms with E-state index in [0.29, 0.717) is 10.6 Å². The van der Waals surface area contributed by atoms with Crippen LogP contribution in [0.4, 0.5) is 5.69 Å². The van der Waals surface area contributed by atoms with Crippen LogP contribution in [0.3, 0.4) is 0 Å². The summed E-state index contributed by atoms with van der Waals surface area (Å²) in [5, 5.41) is 9.41. The monoisotopic (exact) mass is 383 g/mol. The molecule has 25 heavy (non-hydrogen) atoms. The van der Waals surface area contributed by atoms with Gasteiger partial charge in [-0.2, -0.15) is 8.42 Å². The molecule has 0 spiro atoms. The van der Waals surface area contributed by atoms with Gasteiger partial charge in [0.2, 0.25) is 0 Å². The van der Waals surface area contributed by atoms with Crippen molar-refractivity contribution in [2.45, 2.75) is 5.75 Å². The molecule has 0 unspecified atom stereocenters. The fourth-order valence-electron chi connectivity index (χ4n) is 2.18. The zero-order valence-electron chi connectivity index (χ0n) is 12.8. The van der Waals surface area contributed by atoms with Crippen molar-refractivity contribution in [3.63, 3.8) is 0 Å². The first kappa shape index (κ1) is 18.9. The summed E-state index contributed by atoms with van der Waals surface area (Å²) < 4.78 is 30.6. The van der Waals surface area contributed by atoms with Crippen molar-refractivity contribution in [3.05, 3.63) is 64.7 Å². The molecular weight excluding hydrogens is 370 g/mol. The second-order valence-corrected chi connectivity index (χ2v) is 7.08. The minimum absolute atomic E-state index is 0.218. The van der Waals surface area contributed by atoms with Gasteiger partial charge in [-0.3, -0.25) is 19.0 Å². The molecular formula is C16H14ClNO6S. The number of benzene rings is 2. The normalized spacial score (nSPS) is 11.1. The van der Waals surface area contributed by atoms with Gasteiger partial charge in [0.1, 0.15) is 12.3 Å². The number of halogens is 1. The molecule has 1 amide bonds. The van der Waals surface area contributed by atoms with Gasteiger partial charge in [-0.25, -0.2) is 0 Å². The Morgan fingerprint density at radius 3 is 2.24 bits per heavy atom. The molecule has 0 atom stereocenters. The predicted molar refractivity (Wildman–Crippen MR) is 92.5 cm³/mol. The highest BCUT2D eigenvalue weighted by atomic mass is 35.5. The van der Waals surface area contributed by atoms with Crippen LogP contribution in [0.2, 0.25) is 5.02 Å². The summed E-state index contributed by atoms with van der Waals surface area (Å²) in [4.78, 5) is 24.8. The number of amides is 1. The number of carbonyl (C=O) groups excluding carboxylic acids is 1. The number of anilines is 1. The molecule has 0 aliphatic heterocycles. The highest BCUT2D eigenvalue weighted by Gasteiger charge is 2.21. The lowest BCUT2D eigenvalue weighted by Crippen LogP contribution is -2.35. The molecule has 2 rings (SSSR count). The topological polar surface area (TPSA) is 112 Å². The summed E-state index contributed by atoms with van der Waals surface area (Å²) in [5.74, 6) is -2.35.